The summed E-state index contributed by atoms with van der Waals surface area (Å²) in [5, 5.41) is 0. The molecule has 1 heterocycles. The second-order valence-corrected chi connectivity index (χ2v) is 7.22. The molecular formula is C22H25F3N2O3. The molecule has 0 spiro atoms. The monoisotopic (exact) mass is 422 g/mol. The number of amides is 1. The highest BCUT2D eigenvalue weighted by molar-refractivity contribution is 5.81. The summed E-state index contributed by atoms with van der Waals surface area (Å²) >= 11 is 0. The molecule has 2 aromatic carbocycles. The fraction of sp³-hybridized carbons (Fsp3) is 0.409. The van der Waals surface area contributed by atoms with Crippen LogP contribution in [0.5, 0.6) is 11.5 Å². The Kier molecular flexibility index (Phi) is 7.20. The van der Waals surface area contributed by atoms with Crippen LogP contribution in [0.3, 0.4) is 0 Å². The fourth-order valence-electron chi connectivity index (χ4n) is 3.25. The molecule has 0 unspecified atom stereocenters. The maximum atomic E-state index is 12.6. The van der Waals surface area contributed by atoms with Gasteiger partial charge < -0.3 is 14.4 Å². The lowest BCUT2D eigenvalue weighted by molar-refractivity contribution is -0.153. The number of halogens is 3. The molecule has 0 bridgehead atoms. The van der Waals surface area contributed by atoms with Crippen molar-refractivity contribution in [1.82, 2.24) is 9.80 Å². The summed E-state index contributed by atoms with van der Waals surface area (Å²) in [5.74, 6) is 0.822. The fourth-order valence-corrected chi connectivity index (χ4v) is 3.25. The van der Waals surface area contributed by atoms with E-state index in [4.69, 9.17) is 9.47 Å². The number of para-hydroxylation sites is 1. The number of hydrogen-bond donors (Lipinski definition) is 0. The molecule has 8 heteroatoms. The Morgan fingerprint density at radius 2 is 1.60 bits per heavy atom. The predicted octanol–water partition coefficient (Wildman–Crippen LogP) is 3.74. The van der Waals surface area contributed by atoms with Crippen LogP contribution in [0.4, 0.5) is 13.2 Å². The van der Waals surface area contributed by atoms with Gasteiger partial charge in [-0.05, 0) is 36.8 Å². The van der Waals surface area contributed by atoms with Gasteiger partial charge in [-0.15, -0.1) is 0 Å². The predicted molar refractivity (Wildman–Crippen MR) is 106 cm³/mol. The molecule has 0 aromatic heterocycles. The van der Waals surface area contributed by atoms with Crippen molar-refractivity contribution in [2.45, 2.75) is 25.7 Å². The number of alkyl halides is 3. The van der Waals surface area contributed by atoms with Gasteiger partial charge in [0.05, 0.1) is 0 Å². The summed E-state index contributed by atoms with van der Waals surface area (Å²) in [6.07, 6.45) is -4.90. The molecule has 30 heavy (non-hydrogen) atoms. The standard InChI is InChI=1S/C22H25F3N2O3/c1-17(30-20-5-3-2-4-6-20)21(28)27-13-11-26(12-14-27)15-18-7-9-19(10-8-18)29-16-22(23,24)25/h2-10,17H,11-16H2,1H3/t17-/m1/s1. The van der Waals surface area contributed by atoms with Gasteiger partial charge in [0.2, 0.25) is 0 Å². The molecule has 1 saturated heterocycles. The molecule has 0 aliphatic carbocycles. The SMILES string of the molecule is C[C@@H](Oc1ccccc1)C(=O)N1CCN(Cc2ccc(OCC(F)(F)F)cc2)CC1. The topological polar surface area (TPSA) is 42.0 Å². The Balaban J connectivity index is 1.43. The first-order valence-electron chi connectivity index (χ1n) is 9.81. The Labute approximate surface area is 174 Å². The minimum absolute atomic E-state index is 0.0373. The van der Waals surface area contributed by atoms with E-state index in [1.54, 1.807) is 36.1 Å². The number of nitrogens with zero attached hydrogens (tertiary/aromatic N) is 2. The van der Waals surface area contributed by atoms with E-state index in [0.29, 0.717) is 25.4 Å². The minimum atomic E-state index is -4.35. The zero-order valence-electron chi connectivity index (χ0n) is 16.8. The van der Waals surface area contributed by atoms with E-state index in [1.807, 2.05) is 30.3 Å². The van der Waals surface area contributed by atoms with Crippen molar-refractivity contribution in [2.75, 3.05) is 32.8 Å². The van der Waals surface area contributed by atoms with Crippen LogP contribution in [0.1, 0.15) is 12.5 Å². The average molecular weight is 422 g/mol. The lowest BCUT2D eigenvalue weighted by Crippen LogP contribution is -2.51. The molecule has 0 saturated carbocycles. The Morgan fingerprint density at radius 3 is 2.20 bits per heavy atom. The van der Waals surface area contributed by atoms with Crippen LogP contribution in [0.2, 0.25) is 0 Å². The van der Waals surface area contributed by atoms with Crippen molar-refractivity contribution in [3.63, 3.8) is 0 Å². The third-order valence-corrected chi connectivity index (χ3v) is 4.82. The van der Waals surface area contributed by atoms with E-state index >= 15 is 0 Å². The maximum absolute atomic E-state index is 12.6. The van der Waals surface area contributed by atoms with Crippen molar-refractivity contribution in [3.8, 4) is 11.5 Å². The van der Waals surface area contributed by atoms with Crippen molar-refractivity contribution in [2.24, 2.45) is 0 Å². The van der Waals surface area contributed by atoms with E-state index in [0.717, 1.165) is 18.7 Å². The van der Waals surface area contributed by atoms with Crippen LogP contribution in [-0.2, 0) is 11.3 Å². The lowest BCUT2D eigenvalue weighted by Gasteiger charge is -2.35. The quantitative estimate of drug-likeness (QED) is 0.682. The first-order chi connectivity index (χ1) is 14.3. The Bertz CT molecular complexity index is 805. The molecule has 3 rings (SSSR count). The second-order valence-electron chi connectivity index (χ2n) is 7.22. The summed E-state index contributed by atoms with van der Waals surface area (Å²) in [5.41, 5.74) is 0.981. The largest absolute Gasteiger partial charge is 0.484 e. The number of carbonyl (C=O) groups excluding carboxylic acids is 1. The molecule has 0 N–H and O–H groups in total. The van der Waals surface area contributed by atoms with E-state index in [9.17, 15) is 18.0 Å². The highest BCUT2D eigenvalue weighted by Crippen LogP contribution is 2.20. The third kappa shape index (κ3) is 6.66. The van der Waals surface area contributed by atoms with Crippen LogP contribution < -0.4 is 9.47 Å². The van der Waals surface area contributed by atoms with Gasteiger partial charge in [-0.2, -0.15) is 13.2 Å². The highest BCUT2D eigenvalue weighted by Gasteiger charge is 2.28. The van der Waals surface area contributed by atoms with Crippen LogP contribution in [0.15, 0.2) is 54.6 Å². The van der Waals surface area contributed by atoms with Crippen molar-refractivity contribution < 1.29 is 27.4 Å². The van der Waals surface area contributed by atoms with Gasteiger partial charge in [-0.1, -0.05) is 30.3 Å². The minimum Gasteiger partial charge on any atom is -0.484 e. The summed E-state index contributed by atoms with van der Waals surface area (Å²) in [7, 11) is 0. The first-order valence-corrected chi connectivity index (χ1v) is 9.81. The zero-order valence-corrected chi connectivity index (χ0v) is 16.8. The number of ether oxygens (including phenoxy) is 2. The summed E-state index contributed by atoms with van der Waals surface area (Å²) in [6.45, 7) is 3.77. The molecule has 1 atom stereocenters. The van der Waals surface area contributed by atoms with E-state index in [1.165, 1.54) is 0 Å². The normalized spacial score (nSPS) is 16.2. The molecule has 5 nitrogen and oxygen atoms in total. The van der Waals surface area contributed by atoms with Crippen LogP contribution in [-0.4, -0.2) is 60.8 Å². The van der Waals surface area contributed by atoms with Gasteiger partial charge in [0, 0.05) is 32.7 Å². The smallest absolute Gasteiger partial charge is 0.422 e. The van der Waals surface area contributed by atoms with E-state index in [2.05, 4.69) is 4.90 Å². The second kappa shape index (κ2) is 9.84. The first kappa shape index (κ1) is 22.0. The Morgan fingerprint density at radius 1 is 0.967 bits per heavy atom. The van der Waals surface area contributed by atoms with Gasteiger partial charge in [-0.25, -0.2) is 0 Å². The summed E-state index contributed by atoms with van der Waals surface area (Å²) < 4.78 is 47.1. The van der Waals surface area contributed by atoms with Gasteiger partial charge in [0.25, 0.3) is 5.91 Å². The number of hydrogen-bond acceptors (Lipinski definition) is 4. The van der Waals surface area contributed by atoms with Crippen LogP contribution >= 0.6 is 0 Å². The molecule has 162 valence electrons. The molecular weight excluding hydrogens is 397 g/mol. The number of carbonyl (C=O) groups is 1. The zero-order chi connectivity index (χ0) is 21.6. The van der Waals surface area contributed by atoms with Crippen molar-refractivity contribution in [3.05, 3.63) is 60.2 Å². The average Bonchev–Trinajstić information content (AvgIpc) is 2.73. The molecule has 1 amide bonds. The van der Waals surface area contributed by atoms with Gasteiger partial charge in [0.1, 0.15) is 11.5 Å². The number of piperazine rings is 1. The van der Waals surface area contributed by atoms with E-state index in [-0.39, 0.29) is 11.7 Å². The molecule has 0 radical (unpaired) electrons. The third-order valence-electron chi connectivity index (χ3n) is 4.82. The maximum Gasteiger partial charge on any atom is 0.422 e. The molecule has 1 aliphatic heterocycles. The summed E-state index contributed by atoms with van der Waals surface area (Å²) in [4.78, 5) is 16.6. The lowest BCUT2D eigenvalue weighted by atomic mass is 10.2. The number of benzene rings is 2. The van der Waals surface area contributed by atoms with E-state index < -0.39 is 18.9 Å². The molecule has 2 aromatic rings. The Hall–Kier alpha value is -2.74. The summed E-state index contributed by atoms with van der Waals surface area (Å²) in [6, 6.07) is 15.9. The van der Waals surface area contributed by atoms with Crippen molar-refractivity contribution >= 4 is 5.91 Å². The van der Waals surface area contributed by atoms with Crippen LogP contribution in [0, 0.1) is 0 Å². The molecule has 1 fully saturated rings. The van der Waals surface area contributed by atoms with Gasteiger partial charge in [-0.3, -0.25) is 9.69 Å². The molecule has 1 aliphatic rings. The van der Waals surface area contributed by atoms with Gasteiger partial charge in [0.15, 0.2) is 12.7 Å². The van der Waals surface area contributed by atoms with Crippen LogP contribution in [0.25, 0.3) is 0 Å². The highest BCUT2D eigenvalue weighted by atomic mass is 19.4. The van der Waals surface area contributed by atoms with Crippen molar-refractivity contribution in [1.29, 1.82) is 0 Å². The van der Waals surface area contributed by atoms with Gasteiger partial charge >= 0.3 is 6.18 Å². The number of rotatable bonds is 7.